The molecule has 5 atom stereocenters. The monoisotopic (exact) mass is 197 g/mol. The largest absolute Gasteiger partial charge is 0.392 e. The van der Waals surface area contributed by atoms with E-state index in [2.05, 4.69) is 5.32 Å². The average Bonchev–Trinajstić information content (AvgIpc) is 2.83. The van der Waals surface area contributed by atoms with Gasteiger partial charge < -0.3 is 15.2 Å². The maximum absolute atomic E-state index is 9.72. The SMILES string of the molecule is O[C@@H]1CCC[C@H]1NC1CC2CCC1O2. The van der Waals surface area contributed by atoms with Gasteiger partial charge in [-0.1, -0.05) is 0 Å². The highest BCUT2D eigenvalue weighted by Gasteiger charge is 2.42. The summed E-state index contributed by atoms with van der Waals surface area (Å²) in [5.41, 5.74) is 0. The molecule has 2 bridgehead atoms. The van der Waals surface area contributed by atoms with Crippen LogP contribution in [0.25, 0.3) is 0 Å². The lowest BCUT2D eigenvalue weighted by Gasteiger charge is -2.26. The van der Waals surface area contributed by atoms with Crippen molar-refractivity contribution in [1.29, 1.82) is 0 Å². The minimum absolute atomic E-state index is 0.117. The standard InChI is InChI=1S/C11H19NO2/c13-10-3-1-2-8(10)12-9-6-7-4-5-11(9)14-7/h7-13H,1-6H2/t7?,8-,9?,10-,11?/m1/s1. The molecule has 3 rings (SSSR count). The van der Waals surface area contributed by atoms with Gasteiger partial charge in [0.15, 0.2) is 0 Å². The summed E-state index contributed by atoms with van der Waals surface area (Å²) in [6.45, 7) is 0. The van der Waals surface area contributed by atoms with E-state index >= 15 is 0 Å². The van der Waals surface area contributed by atoms with Crippen LogP contribution < -0.4 is 5.32 Å². The Kier molecular flexibility index (Phi) is 2.26. The van der Waals surface area contributed by atoms with E-state index in [1.807, 2.05) is 0 Å². The van der Waals surface area contributed by atoms with Crippen LogP contribution in [0.1, 0.15) is 38.5 Å². The summed E-state index contributed by atoms with van der Waals surface area (Å²) in [6.07, 6.45) is 7.72. The molecule has 1 saturated carbocycles. The number of nitrogens with one attached hydrogen (secondary N) is 1. The molecule has 3 fully saturated rings. The van der Waals surface area contributed by atoms with E-state index in [0.29, 0.717) is 24.3 Å². The van der Waals surface area contributed by atoms with Gasteiger partial charge in [-0.2, -0.15) is 0 Å². The fourth-order valence-corrected chi connectivity index (χ4v) is 3.22. The molecule has 2 saturated heterocycles. The van der Waals surface area contributed by atoms with Crippen LogP contribution in [0.4, 0.5) is 0 Å². The van der Waals surface area contributed by atoms with Crippen LogP contribution in [-0.2, 0) is 4.74 Å². The van der Waals surface area contributed by atoms with Crippen LogP contribution in [0.15, 0.2) is 0 Å². The number of aliphatic hydroxyl groups excluding tert-OH is 1. The highest BCUT2D eigenvalue weighted by molar-refractivity contribution is 4.97. The fourth-order valence-electron chi connectivity index (χ4n) is 3.22. The first kappa shape index (κ1) is 9.13. The van der Waals surface area contributed by atoms with E-state index < -0.39 is 0 Å². The summed E-state index contributed by atoms with van der Waals surface area (Å²) in [7, 11) is 0. The Morgan fingerprint density at radius 1 is 1.07 bits per heavy atom. The van der Waals surface area contributed by atoms with Crippen molar-refractivity contribution in [3.05, 3.63) is 0 Å². The van der Waals surface area contributed by atoms with E-state index in [1.54, 1.807) is 0 Å². The zero-order valence-corrected chi connectivity index (χ0v) is 8.48. The Hall–Kier alpha value is -0.120. The Morgan fingerprint density at radius 2 is 2.00 bits per heavy atom. The van der Waals surface area contributed by atoms with Crippen molar-refractivity contribution in [1.82, 2.24) is 5.32 Å². The van der Waals surface area contributed by atoms with Gasteiger partial charge in [-0.3, -0.25) is 0 Å². The van der Waals surface area contributed by atoms with E-state index in [-0.39, 0.29) is 6.10 Å². The summed E-state index contributed by atoms with van der Waals surface area (Å²) in [5, 5.41) is 13.3. The van der Waals surface area contributed by atoms with Crippen molar-refractivity contribution in [2.75, 3.05) is 0 Å². The molecule has 1 aliphatic carbocycles. The molecule has 2 N–H and O–H groups in total. The molecular weight excluding hydrogens is 178 g/mol. The van der Waals surface area contributed by atoms with Gasteiger partial charge in [-0.25, -0.2) is 0 Å². The molecule has 2 heterocycles. The average molecular weight is 197 g/mol. The van der Waals surface area contributed by atoms with Gasteiger partial charge in [0, 0.05) is 12.1 Å². The van der Waals surface area contributed by atoms with Crippen molar-refractivity contribution >= 4 is 0 Å². The smallest absolute Gasteiger partial charge is 0.0733 e. The number of aliphatic hydroxyl groups is 1. The minimum Gasteiger partial charge on any atom is -0.392 e. The van der Waals surface area contributed by atoms with Crippen molar-refractivity contribution < 1.29 is 9.84 Å². The third kappa shape index (κ3) is 1.47. The molecule has 3 heteroatoms. The quantitative estimate of drug-likeness (QED) is 0.688. The first-order valence-corrected chi connectivity index (χ1v) is 5.92. The summed E-state index contributed by atoms with van der Waals surface area (Å²) in [4.78, 5) is 0. The second kappa shape index (κ2) is 3.47. The molecule has 0 radical (unpaired) electrons. The van der Waals surface area contributed by atoms with Crippen LogP contribution in [0.5, 0.6) is 0 Å². The molecule has 0 aromatic carbocycles. The number of ether oxygens (including phenoxy) is 1. The van der Waals surface area contributed by atoms with Crippen molar-refractivity contribution in [3.63, 3.8) is 0 Å². The molecule has 0 spiro atoms. The minimum atomic E-state index is -0.117. The van der Waals surface area contributed by atoms with Crippen molar-refractivity contribution in [3.8, 4) is 0 Å². The molecular formula is C11H19NO2. The molecule has 3 unspecified atom stereocenters. The van der Waals surface area contributed by atoms with Crippen LogP contribution in [0, 0.1) is 0 Å². The van der Waals surface area contributed by atoms with Gasteiger partial charge in [-0.05, 0) is 38.5 Å². The van der Waals surface area contributed by atoms with Gasteiger partial charge in [0.25, 0.3) is 0 Å². The van der Waals surface area contributed by atoms with Gasteiger partial charge in [0.1, 0.15) is 0 Å². The molecule has 3 aliphatic rings. The summed E-state index contributed by atoms with van der Waals surface area (Å²) in [5.74, 6) is 0. The maximum Gasteiger partial charge on any atom is 0.0733 e. The molecule has 3 nitrogen and oxygen atoms in total. The highest BCUT2D eigenvalue weighted by Crippen LogP contribution is 2.35. The van der Waals surface area contributed by atoms with Crippen LogP contribution in [0.3, 0.4) is 0 Å². The molecule has 80 valence electrons. The van der Waals surface area contributed by atoms with Crippen LogP contribution in [-0.4, -0.2) is 35.5 Å². The summed E-state index contributed by atoms with van der Waals surface area (Å²) < 4.78 is 5.79. The van der Waals surface area contributed by atoms with Gasteiger partial charge in [0.05, 0.1) is 18.3 Å². The molecule has 2 aliphatic heterocycles. The van der Waals surface area contributed by atoms with E-state index in [4.69, 9.17) is 4.74 Å². The molecule has 0 amide bonds. The normalized spacial score (nSPS) is 51.6. The van der Waals surface area contributed by atoms with E-state index in [0.717, 1.165) is 19.3 Å². The first-order valence-electron chi connectivity index (χ1n) is 5.92. The Morgan fingerprint density at radius 3 is 2.57 bits per heavy atom. The summed E-state index contributed by atoms with van der Waals surface area (Å²) in [6, 6.07) is 0.856. The van der Waals surface area contributed by atoms with E-state index in [1.165, 1.54) is 19.3 Å². The number of hydrogen-bond donors (Lipinski definition) is 2. The zero-order valence-electron chi connectivity index (χ0n) is 8.48. The highest BCUT2D eigenvalue weighted by atomic mass is 16.5. The topological polar surface area (TPSA) is 41.5 Å². The Balaban J connectivity index is 1.57. The fraction of sp³-hybridized carbons (Fsp3) is 1.00. The number of hydrogen-bond acceptors (Lipinski definition) is 3. The lowest BCUT2D eigenvalue weighted by molar-refractivity contribution is 0.0894. The molecule has 0 aromatic rings. The molecule has 14 heavy (non-hydrogen) atoms. The lowest BCUT2D eigenvalue weighted by atomic mass is 9.94. The van der Waals surface area contributed by atoms with Crippen molar-refractivity contribution in [2.45, 2.75) is 68.9 Å². The van der Waals surface area contributed by atoms with Crippen LogP contribution >= 0.6 is 0 Å². The van der Waals surface area contributed by atoms with E-state index in [9.17, 15) is 5.11 Å². The predicted molar refractivity (Wildman–Crippen MR) is 53.1 cm³/mol. The Bertz CT molecular complexity index is 221. The second-order valence-electron chi connectivity index (χ2n) is 4.99. The van der Waals surface area contributed by atoms with Gasteiger partial charge in [0.2, 0.25) is 0 Å². The predicted octanol–water partition coefficient (Wildman–Crippen LogP) is 0.809. The Labute approximate surface area is 84.8 Å². The maximum atomic E-state index is 9.72. The third-order valence-electron chi connectivity index (χ3n) is 4.01. The van der Waals surface area contributed by atoms with Gasteiger partial charge >= 0.3 is 0 Å². The second-order valence-corrected chi connectivity index (χ2v) is 4.99. The lowest BCUT2D eigenvalue weighted by Crippen LogP contribution is -2.46. The zero-order chi connectivity index (χ0) is 9.54. The number of fused-ring (bicyclic) bond motifs is 2. The number of rotatable bonds is 2. The van der Waals surface area contributed by atoms with Crippen LogP contribution in [0.2, 0.25) is 0 Å². The molecule has 0 aromatic heterocycles. The van der Waals surface area contributed by atoms with Crippen molar-refractivity contribution in [2.24, 2.45) is 0 Å². The van der Waals surface area contributed by atoms with Gasteiger partial charge in [-0.15, -0.1) is 0 Å². The third-order valence-corrected chi connectivity index (χ3v) is 4.01. The first-order chi connectivity index (χ1) is 6.83. The summed E-state index contributed by atoms with van der Waals surface area (Å²) >= 11 is 0.